The van der Waals surface area contributed by atoms with Crippen molar-refractivity contribution in [1.82, 2.24) is 25.0 Å². The predicted molar refractivity (Wildman–Crippen MR) is 162 cm³/mol. The second-order valence-electron chi connectivity index (χ2n) is 12.5. The first-order chi connectivity index (χ1) is 20.7. The summed E-state index contributed by atoms with van der Waals surface area (Å²) >= 11 is 1.47. The number of piperazine rings is 1. The smallest absolute Gasteiger partial charge is 0.246 e. The Kier molecular flexibility index (Phi) is 6.66. The minimum absolute atomic E-state index is 0.0700. The van der Waals surface area contributed by atoms with Crippen LogP contribution in [-0.2, 0) is 16.6 Å². The molecule has 1 spiro atoms. The molecule has 7 rings (SSSR count). The number of carbonyl (C=O) groups excluding carboxylic acids is 1. The van der Waals surface area contributed by atoms with E-state index >= 15 is 0 Å². The first-order valence-corrected chi connectivity index (χ1v) is 15.7. The third-order valence-electron chi connectivity index (χ3n) is 9.73. The number of amides is 1. The third kappa shape index (κ3) is 4.64. The summed E-state index contributed by atoms with van der Waals surface area (Å²) in [6, 6.07) is 4.19. The van der Waals surface area contributed by atoms with Gasteiger partial charge >= 0.3 is 0 Å². The van der Waals surface area contributed by atoms with Crippen molar-refractivity contribution in [2.24, 2.45) is 5.41 Å². The molecule has 5 heterocycles. The van der Waals surface area contributed by atoms with Crippen molar-refractivity contribution in [2.45, 2.75) is 57.0 Å². The number of nitrogens with zero attached hydrogens (tertiary/aromatic N) is 8. The Morgan fingerprint density at radius 1 is 1.21 bits per heavy atom. The average Bonchev–Trinajstić information content (AvgIpc) is 3.74. The van der Waals surface area contributed by atoms with E-state index in [0.717, 1.165) is 67.9 Å². The Labute approximate surface area is 253 Å². The molecule has 0 aromatic carbocycles. The lowest BCUT2D eigenvalue weighted by Gasteiger charge is -2.42. The van der Waals surface area contributed by atoms with Gasteiger partial charge in [0.1, 0.15) is 22.6 Å². The first-order valence-electron chi connectivity index (χ1n) is 14.9. The number of hydrogen-bond acceptors (Lipinski definition) is 12. The Morgan fingerprint density at radius 2 is 2.00 bits per heavy atom. The number of thiophene rings is 1. The van der Waals surface area contributed by atoms with Crippen molar-refractivity contribution in [3.63, 3.8) is 0 Å². The lowest BCUT2D eigenvalue weighted by molar-refractivity contribution is -0.126. The van der Waals surface area contributed by atoms with Gasteiger partial charge in [-0.2, -0.15) is 15.2 Å². The van der Waals surface area contributed by atoms with Crippen LogP contribution in [0.15, 0.2) is 23.2 Å². The van der Waals surface area contributed by atoms with E-state index in [1.165, 1.54) is 17.4 Å². The van der Waals surface area contributed by atoms with Crippen LogP contribution in [0.25, 0.3) is 11.5 Å². The molecule has 4 aliphatic rings. The minimum Gasteiger partial charge on any atom is -0.393 e. The SMILES string of the molecule is C=CC(=O)N1CCN(c2cc(-c3noc([C@@]4(C)CCCc5sc(N)c(C#N)c54)n3)nc(N3CCC4(CC(O)C4)C3)n2)CC1. The number of nitrogen functional groups attached to an aromatic ring is 1. The molecule has 1 amide bonds. The zero-order valence-corrected chi connectivity index (χ0v) is 25.1. The molecular weight excluding hydrogens is 566 g/mol. The maximum absolute atomic E-state index is 12.2. The van der Waals surface area contributed by atoms with Gasteiger partial charge < -0.3 is 30.1 Å². The molecule has 13 heteroatoms. The van der Waals surface area contributed by atoms with Gasteiger partial charge in [0, 0.05) is 55.8 Å². The third-order valence-corrected chi connectivity index (χ3v) is 10.8. The lowest BCUT2D eigenvalue weighted by atomic mass is 9.66. The van der Waals surface area contributed by atoms with Gasteiger partial charge in [0.05, 0.1) is 17.1 Å². The summed E-state index contributed by atoms with van der Waals surface area (Å²) < 4.78 is 5.93. The van der Waals surface area contributed by atoms with Crippen molar-refractivity contribution < 1.29 is 14.4 Å². The summed E-state index contributed by atoms with van der Waals surface area (Å²) in [4.78, 5) is 34.2. The monoisotopic (exact) mass is 601 g/mol. The number of anilines is 3. The molecule has 43 heavy (non-hydrogen) atoms. The van der Waals surface area contributed by atoms with Crippen molar-refractivity contribution >= 4 is 34.0 Å². The molecule has 1 atom stereocenters. The molecule has 2 saturated heterocycles. The van der Waals surface area contributed by atoms with Crippen LogP contribution in [0.3, 0.4) is 0 Å². The zero-order valence-electron chi connectivity index (χ0n) is 24.3. The quantitative estimate of drug-likeness (QED) is 0.414. The number of aromatic nitrogens is 4. The highest BCUT2D eigenvalue weighted by molar-refractivity contribution is 7.16. The van der Waals surface area contributed by atoms with E-state index in [2.05, 4.69) is 27.6 Å². The number of fused-ring (bicyclic) bond motifs is 1. The molecule has 3 aromatic heterocycles. The summed E-state index contributed by atoms with van der Waals surface area (Å²) in [5.74, 6) is 2.09. The van der Waals surface area contributed by atoms with Crippen molar-refractivity contribution in [1.29, 1.82) is 5.26 Å². The van der Waals surface area contributed by atoms with Crippen molar-refractivity contribution in [2.75, 3.05) is 54.8 Å². The molecule has 0 radical (unpaired) electrons. The van der Waals surface area contributed by atoms with Gasteiger partial charge in [-0.3, -0.25) is 4.79 Å². The average molecular weight is 602 g/mol. The van der Waals surface area contributed by atoms with E-state index < -0.39 is 5.41 Å². The molecule has 3 fully saturated rings. The highest BCUT2D eigenvalue weighted by Gasteiger charge is 2.48. The molecule has 0 unspecified atom stereocenters. The van der Waals surface area contributed by atoms with Gasteiger partial charge in [-0.1, -0.05) is 11.7 Å². The van der Waals surface area contributed by atoms with Crippen LogP contribution in [0.5, 0.6) is 0 Å². The second kappa shape index (κ2) is 10.3. The van der Waals surface area contributed by atoms with E-state index in [1.54, 1.807) is 4.90 Å². The van der Waals surface area contributed by atoms with Crippen LogP contribution in [0.1, 0.15) is 60.9 Å². The van der Waals surface area contributed by atoms with Gasteiger partial charge in [-0.25, -0.2) is 4.98 Å². The van der Waals surface area contributed by atoms with Crippen LogP contribution in [0.2, 0.25) is 0 Å². The zero-order chi connectivity index (χ0) is 29.9. The van der Waals surface area contributed by atoms with Gasteiger partial charge in [0.15, 0.2) is 0 Å². The maximum Gasteiger partial charge on any atom is 0.246 e. The predicted octanol–water partition coefficient (Wildman–Crippen LogP) is 2.87. The Morgan fingerprint density at radius 3 is 2.72 bits per heavy atom. The molecule has 3 N–H and O–H groups in total. The fraction of sp³-hybridized carbons (Fsp3) is 0.533. The number of nitrogens with two attached hydrogens (primary N) is 1. The first kappa shape index (κ1) is 27.8. The molecule has 12 nitrogen and oxygen atoms in total. The molecule has 2 aliphatic heterocycles. The number of rotatable bonds is 5. The number of nitriles is 1. The standard InChI is InChI=1S/C30H35N9O3S/c1-3-23(41)38-11-9-37(10-12-38)22-13-20(33-28(34-22)39-8-7-30(17-39)14-18(40)15-30)26-35-27(42-36-26)29(2)6-4-5-21-24(29)19(16-31)25(32)43-21/h3,13,18,40H,1,4-12,14-15,17,32H2,2H3/t18?,29-,30?/m0/s1. The Bertz CT molecular complexity index is 1630. The molecule has 3 aromatic rings. The second-order valence-corrected chi connectivity index (χ2v) is 13.7. The number of carbonyl (C=O) groups is 1. The summed E-state index contributed by atoms with van der Waals surface area (Å²) in [6.45, 7) is 9.66. The molecule has 0 bridgehead atoms. The normalized spacial score (nSPS) is 26.7. The van der Waals surface area contributed by atoms with Gasteiger partial charge in [-0.15, -0.1) is 11.3 Å². The van der Waals surface area contributed by atoms with Crippen molar-refractivity contribution in [3.8, 4) is 17.6 Å². The van der Waals surface area contributed by atoms with Crippen LogP contribution in [0.4, 0.5) is 16.8 Å². The molecule has 224 valence electrons. The summed E-state index contributed by atoms with van der Waals surface area (Å²) in [7, 11) is 0. The van der Waals surface area contributed by atoms with Crippen LogP contribution < -0.4 is 15.5 Å². The highest BCUT2D eigenvalue weighted by Crippen LogP contribution is 2.50. The Balaban J connectivity index is 1.23. The molecule has 1 saturated carbocycles. The Hall–Kier alpha value is -4.02. The number of aryl methyl sites for hydroxylation is 1. The van der Waals surface area contributed by atoms with E-state index in [-0.39, 0.29) is 17.4 Å². The van der Waals surface area contributed by atoms with E-state index in [0.29, 0.717) is 60.1 Å². The molecule has 2 aliphatic carbocycles. The number of aliphatic hydroxyl groups is 1. The fourth-order valence-corrected chi connectivity index (χ4v) is 8.56. The van der Waals surface area contributed by atoms with Crippen LogP contribution >= 0.6 is 11.3 Å². The minimum atomic E-state index is -0.628. The topological polar surface area (TPSA) is 162 Å². The fourth-order valence-electron chi connectivity index (χ4n) is 7.37. The number of hydrogen-bond donors (Lipinski definition) is 2. The van der Waals surface area contributed by atoms with E-state index in [9.17, 15) is 15.2 Å². The summed E-state index contributed by atoms with van der Waals surface area (Å²) in [5, 5.41) is 24.8. The maximum atomic E-state index is 12.2. The van der Waals surface area contributed by atoms with Gasteiger partial charge in [0.25, 0.3) is 0 Å². The lowest BCUT2D eigenvalue weighted by Crippen LogP contribution is -2.48. The van der Waals surface area contributed by atoms with Crippen molar-refractivity contribution in [3.05, 3.63) is 40.6 Å². The highest BCUT2D eigenvalue weighted by atomic mass is 32.1. The summed E-state index contributed by atoms with van der Waals surface area (Å²) in [6.07, 6.45) is 6.31. The van der Waals surface area contributed by atoms with Crippen LogP contribution in [-0.4, -0.2) is 81.4 Å². The van der Waals surface area contributed by atoms with Crippen LogP contribution in [0, 0.1) is 16.7 Å². The van der Waals surface area contributed by atoms with Gasteiger partial charge in [-0.05, 0) is 56.9 Å². The largest absolute Gasteiger partial charge is 0.393 e. The van der Waals surface area contributed by atoms with Gasteiger partial charge in [0.2, 0.25) is 23.6 Å². The number of aliphatic hydroxyl groups excluding tert-OH is 1. The van der Waals surface area contributed by atoms with E-state index in [1.807, 2.05) is 13.0 Å². The summed E-state index contributed by atoms with van der Waals surface area (Å²) in [5.41, 5.74) is 7.68. The molecular formula is C30H35N9O3S. The van der Waals surface area contributed by atoms with E-state index in [4.69, 9.17) is 25.2 Å².